The van der Waals surface area contributed by atoms with Crippen LogP contribution >= 0.6 is 0 Å². The lowest BCUT2D eigenvalue weighted by atomic mass is 9.84. The number of hydrogen-bond acceptors (Lipinski definition) is 4. The standard InChI is InChI=1S/C28H29NO4/c1-17(2)23-13-20-14-26(32-11-9-19-7-5-4-6-8-19)28-21(10-12-33-28)27(20)24-15-25(31)22(18(3)30)16-29(23)24/h4-8,14-17,23H,9-13H2,1-3H3. The average molecular weight is 444 g/mol. The van der Waals surface area contributed by atoms with Crippen LogP contribution in [-0.4, -0.2) is 23.6 Å². The molecule has 0 spiro atoms. The molecule has 0 amide bonds. The summed E-state index contributed by atoms with van der Waals surface area (Å²) in [5.74, 6) is 1.72. The van der Waals surface area contributed by atoms with E-state index >= 15 is 0 Å². The molecule has 0 radical (unpaired) electrons. The molecule has 0 aliphatic carbocycles. The van der Waals surface area contributed by atoms with E-state index in [1.54, 1.807) is 12.3 Å². The van der Waals surface area contributed by atoms with Crippen LogP contribution in [0.4, 0.5) is 0 Å². The minimum absolute atomic E-state index is 0.156. The lowest BCUT2D eigenvalue weighted by molar-refractivity contribution is 0.101. The van der Waals surface area contributed by atoms with E-state index in [2.05, 4.69) is 36.6 Å². The molecule has 1 atom stereocenters. The van der Waals surface area contributed by atoms with E-state index in [0.717, 1.165) is 47.6 Å². The van der Waals surface area contributed by atoms with Crippen molar-refractivity contribution in [2.24, 2.45) is 5.92 Å². The summed E-state index contributed by atoms with van der Waals surface area (Å²) in [7, 11) is 0. The lowest BCUT2D eigenvalue weighted by Gasteiger charge is -2.34. The van der Waals surface area contributed by atoms with Gasteiger partial charge < -0.3 is 14.0 Å². The minimum Gasteiger partial charge on any atom is -0.489 e. The zero-order valence-corrected chi connectivity index (χ0v) is 19.4. The number of ketones is 1. The maximum absolute atomic E-state index is 12.8. The van der Waals surface area contributed by atoms with Gasteiger partial charge in [-0.1, -0.05) is 44.2 Å². The Balaban J connectivity index is 1.57. The molecule has 170 valence electrons. The summed E-state index contributed by atoms with van der Waals surface area (Å²) in [5.41, 5.74) is 5.50. The molecule has 2 aliphatic rings. The first-order valence-corrected chi connectivity index (χ1v) is 11.7. The van der Waals surface area contributed by atoms with Crippen molar-refractivity contribution in [3.05, 3.63) is 81.1 Å². The van der Waals surface area contributed by atoms with E-state index in [0.29, 0.717) is 19.1 Å². The number of carbonyl (C=O) groups is 1. The predicted molar refractivity (Wildman–Crippen MR) is 129 cm³/mol. The Labute approximate surface area is 194 Å². The summed E-state index contributed by atoms with van der Waals surface area (Å²) in [5, 5.41) is 0. The van der Waals surface area contributed by atoms with Gasteiger partial charge in [-0.2, -0.15) is 0 Å². The number of carbonyl (C=O) groups excluding carboxylic acids is 1. The number of nitrogens with zero attached hydrogens (tertiary/aromatic N) is 1. The highest BCUT2D eigenvalue weighted by molar-refractivity contribution is 5.94. The van der Waals surface area contributed by atoms with Gasteiger partial charge in [-0.3, -0.25) is 9.59 Å². The number of fused-ring (bicyclic) bond motifs is 5. The zero-order chi connectivity index (χ0) is 23.1. The third-order valence-corrected chi connectivity index (χ3v) is 6.79. The van der Waals surface area contributed by atoms with E-state index < -0.39 is 0 Å². The van der Waals surface area contributed by atoms with Crippen molar-refractivity contribution in [3.63, 3.8) is 0 Å². The smallest absolute Gasteiger partial charge is 0.192 e. The molecule has 0 saturated heterocycles. The van der Waals surface area contributed by atoms with Crippen molar-refractivity contribution in [2.75, 3.05) is 13.2 Å². The molecule has 1 aromatic heterocycles. The Morgan fingerprint density at radius 1 is 1.21 bits per heavy atom. The molecule has 33 heavy (non-hydrogen) atoms. The van der Waals surface area contributed by atoms with E-state index in [9.17, 15) is 9.59 Å². The Morgan fingerprint density at radius 3 is 2.73 bits per heavy atom. The Kier molecular flexibility index (Phi) is 5.57. The van der Waals surface area contributed by atoms with Crippen LogP contribution in [0, 0.1) is 5.92 Å². The van der Waals surface area contributed by atoms with Crippen molar-refractivity contribution in [2.45, 2.75) is 46.1 Å². The van der Waals surface area contributed by atoms with Crippen LogP contribution in [0.5, 0.6) is 11.5 Å². The van der Waals surface area contributed by atoms with E-state index in [1.165, 1.54) is 18.1 Å². The predicted octanol–water partition coefficient (Wildman–Crippen LogP) is 5.03. The zero-order valence-electron chi connectivity index (χ0n) is 19.4. The Bertz CT molecular complexity index is 1270. The van der Waals surface area contributed by atoms with Gasteiger partial charge in [0.2, 0.25) is 0 Å². The minimum atomic E-state index is -0.222. The van der Waals surface area contributed by atoms with E-state index in [4.69, 9.17) is 9.47 Å². The summed E-state index contributed by atoms with van der Waals surface area (Å²) < 4.78 is 14.4. The number of pyridine rings is 1. The molecule has 0 N–H and O–H groups in total. The van der Waals surface area contributed by atoms with Gasteiger partial charge >= 0.3 is 0 Å². The molecule has 3 heterocycles. The van der Waals surface area contributed by atoms with Crippen molar-refractivity contribution in [3.8, 4) is 22.8 Å². The van der Waals surface area contributed by atoms with Gasteiger partial charge in [0.25, 0.3) is 0 Å². The van der Waals surface area contributed by atoms with Gasteiger partial charge in [-0.15, -0.1) is 0 Å². The van der Waals surface area contributed by atoms with E-state index in [-0.39, 0.29) is 22.8 Å². The lowest BCUT2D eigenvalue weighted by Crippen LogP contribution is -2.28. The van der Waals surface area contributed by atoms with Crippen LogP contribution in [0.2, 0.25) is 0 Å². The first-order chi connectivity index (χ1) is 15.9. The van der Waals surface area contributed by atoms with Crippen molar-refractivity contribution in [1.29, 1.82) is 0 Å². The molecular formula is C28H29NO4. The number of hydrogen-bond donors (Lipinski definition) is 0. The normalized spacial score (nSPS) is 16.1. The van der Waals surface area contributed by atoms with Gasteiger partial charge in [0.1, 0.15) is 0 Å². The highest BCUT2D eigenvalue weighted by Gasteiger charge is 2.33. The maximum atomic E-state index is 12.8. The van der Waals surface area contributed by atoms with Crippen LogP contribution < -0.4 is 14.9 Å². The molecule has 2 aliphatic heterocycles. The van der Waals surface area contributed by atoms with Crippen LogP contribution in [-0.2, 0) is 19.3 Å². The molecule has 5 nitrogen and oxygen atoms in total. The molecule has 2 aromatic carbocycles. The fraction of sp³-hybridized carbons (Fsp3) is 0.357. The second-order valence-corrected chi connectivity index (χ2v) is 9.31. The molecule has 0 fully saturated rings. The number of aromatic nitrogens is 1. The average Bonchev–Trinajstić information content (AvgIpc) is 3.28. The third kappa shape index (κ3) is 3.86. The van der Waals surface area contributed by atoms with Gasteiger partial charge in [0.05, 0.1) is 24.5 Å². The molecule has 1 unspecified atom stereocenters. The fourth-order valence-corrected chi connectivity index (χ4v) is 5.08. The number of rotatable bonds is 6. The second-order valence-electron chi connectivity index (χ2n) is 9.31. The maximum Gasteiger partial charge on any atom is 0.192 e. The summed E-state index contributed by atoms with van der Waals surface area (Å²) in [4.78, 5) is 24.8. The highest BCUT2D eigenvalue weighted by atomic mass is 16.5. The van der Waals surface area contributed by atoms with Crippen LogP contribution in [0.3, 0.4) is 0 Å². The number of benzene rings is 2. The summed E-state index contributed by atoms with van der Waals surface area (Å²) in [6.07, 6.45) is 4.19. The van der Waals surface area contributed by atoms with Crippen molar-refractivity contribution >= 4 is 5.78 Å². The molecular weight excluding hydrogens is 414 g/mol. The fourth-order valence-electron chi connectivity index (χ4n) is 5.08. The SMILES string of the molecule is CC(=O)c1cn2c(cc1=O)-c1c(cc(OCCc3ccccc3)c3c1CCO3)CC2C(C)C. The first kappa shape index (κ1) is 21.5. The topological polar surface area (TPSA) is 57.5 Å². The summed E-state index contributed by atoms with van der Waals surface area (Å²) in [6, 6.07) is 14.2. The molecule has 5 rings (SSSR count). The largest absolute Gasteiger partial charge is 0.489 e. The van der Waals surface area contributed by atoms with E-state index in [1.807, 2.05) is 18.2 Å². The third-order valence-electron chi connectivity index (χ3n) is 6.79. The van der Waals surface area contributed by atoms with Crippen LogP contribution in [0.1, 0.15) is 53.9 Å². The summed E-state index contributed by atoms with van der Waals surface area (Å²) in [6.45, 7) is 6.99. The first-order valence-electron chi connectivity index (χ1n) is 11.7. The Morgan fingerprint density at radius 2 is 2.00 bits per heavy atom. The summed E-state index contributed by atoms with van der Waals surface area (Å²) >= 11 is 0. The Hall–Kier alpha value is -3.34. The number of Topliss-reactive ketones (excluding diaryl/α,β-unsaturated/α-hetero) is 1. The van der Waals surface area contributed by atoms with Gasteiger partial charge in [-0.05, 0) is 36.5 Å². The molecule has 3 aromatic rings. The van der Waals surface area contributed by atoms with Crippen LogP contribution in [0.25, 0.3) is 11.3 Å². The molecule has 0 saturated carbocycles. The van der Waals surface area contributed by atoms with Gasteiger partial charge in [0.15, 0.2) is 22.7 Å². The second kappa shape index (κ2) is 8.54. The van der Waals surface area contributed by atoms with Crippen molar-refractivity contribution in [1.82, 2.24) is 4.57 Å². The van der Waals surface area contributed by atoms with Crippen LogP contribution in [0.15, 0.2) is 53.5 Å². The molecule has 5 heteroatoms. The van der Waals surface area contributed by atoms with Gasteiger partial charge in [-0.25, -0.2) is 0 Å². The van der Waals surface area contributed by atoms with Crippen molar-refractivity contribution < 1.29 is 14.3 Å². The quantitative estimate of drug-likeness (QED) is 0.502. The number of ether oxygens (including phenoxy) is 2. The highest BCUT2D eigenvalue weighted by Crippen LogP contribution is 2.48. The van der Waals surface area contributed by atoms with Gasteiger partial charge in [0, 0.05) is 42.3 Å². The monoisotopic (exact) mass is 443 g/mol. The molecule has 0 bridgehead atoms.